The normalized spacial score (nSPS) is 16.3. The van der Waals surface area contributed by atoms with E-state index in [2.05, 4.69) is 39.4 Å². The van der Waals surface area contributed by atoms with E-state index in [9.17, 15) is 4.79 Å². The topological polar surface area (TPSA) is 66.8 Å². The van der Waals surface area contributed by atoms with Crippen LogP contribution in [0.2, 0.25) is 0 Å². The first-order chi connectivity index (χ1) is 12.7. The van der Waals surface area contributed by atoms with Gasteiger partial charge < -0.3 is 0 Å². The minimum absolute atomic E-state index is 0.0951. The zero-order valence-corrected chi connectivity index (χ0v) is 15.2. The Kier molecular flexibility index (Phi) is 4.84. The molecule has 0 unspecified atom stereocenters. The monoisotopic (exact) mass is 351 g/mol. The molecule has 0 atom stereocenters. The van der Waals surface area contributed by atoms with E-state index in [4.69, 9.17) is 4.98 Å². The number of aromatic amines is 1. The number of nitrogens with zero attached hydrogens (tertiary/aromatic N) is 4. The molecule has 0 bridgehead atoms. The van der Waals surface area contributed by atoms with Crippen molar-refractivity contribution in [1.29, 1.82) is 0 Å². The summed E-state index contributed by atoms with van der Waals surface area (Å²) >= 11 is 0. The van der Waals surface area contributed by atoms with E-state index in [1.807, 2.05) is 19.1 Å². The van der Waals surface area contributed by atoms with Crippen LogP contribution in [0.25, 0.3) is 10.9 Å². The maximum Gasteiger partial charge on any atom is 0.343 e. The molecule has 0 saturated carbocycles. The summed E-state index contributed by atoms with van der Waals surface area (Å²) in [5.74, 6) is 1.49. The summed E-state index contributed by atoms with van der Waals surface area (Å²) in [6.07, 6.45) is 3.16. The fourth-order valence-electron chi connectivity index (χ4n) is 3.86. The number of nitrogens with one attached hydrogen (secondary N) is 1. The van der Waals surface area contributed by atoms with Gasteiger partial charge in [-0.25, -0.2) is 9.89 Å². The first kappa shape index (κ1) is 17.0. The molecule has 4 rings (SSSR count). The fraction of sp³-hybridized carbons (Fsp3) is 0.450. The second-order valence-electron chi connectivity index (χ2n) is 7.11. The van der Waals surface area contributed by atoms with E-state index in [0.717, 1.165) is 55.9 Å². The molecule has 1 saturated heterocycles. The van der Waals surface area contributed by atoms with Gasteiger partial charge >= 0.3 is 5.69 Å². The van der Waals surface area contributed by atoms with E-state index in [1.54, 1.807) is 4.57 Å². The smallest absolute Gasteiger partial charge is 0.297 e. The van der Waals surface area contributed by atoms with Gasteiger partial charge in [-0.3, -0.25) is 14.5 Å². The molecule has 1 N–H and O–H groups in total. The molecule has 2 aromatic heterocycles. The van der Waals surface area contributed by atoms with Crippen molar-refractivity contribution in [3.8, 4) is 0 Å². The van der Waals surface area contributed by atoms with Gasteiger partial charge in [0.15, 0.2) is 0 Å². The van der Waals surface area contributed by atoms with Gasteiger partial charge in [0.05, 0.1) is 11.2 Å². The average molecular weight is 351 g/mol. The third-order valence-electron chi connectivity index (χ3n) is 5.37. The fourth-order valence-corrected chi connectivity index (χ4v) is 3.86. The number of piperidine rings is 1. The second kappa shape index (κ2) is 7.41. The Labute approximate surface area is 152 Å². The van der Waals surface area contributed by atoms with Crippen LogP contribution < -0.4 is 5.69 Å². The van der Waals surface area contributed by atoms with Gasteiger partial charge in [0.1, 0.15) is 5.82 Å². The van der Waals surface area contributed by atoms with Gasteiger partial charge in [0, 0.05) is 24.9 Å². The van der Waals surface area contributed by atoms with E-state index in [-0.39, 0.29) is 5.69 Å². The summed E-state index contributed by atoms with van der Waals surface area (Å²) in [7, 11) is 0. The van der Waals surface area contributed by atoms with Gasteiger partial charge in [-0.15, -0.1) is 0 Å². The van der Waals surface area contributed by atoms with E-state index in [0.29, 0.717) is 12.5 Å². The SMILES string of the molecule is CCn1c(CC2CCN(Cc3ccc4ccccc4n3)CC2)n[nH]c1=O. The summed E-state index contributed by atoms with van der Waals surface area (Å²) in [5, 5.41) is 7.96. The standard InChI is InChI=1S/C20H25N5O/c1-2-25-19(22-23-20(25)26)13-15-9-11-24(12-10-15)14-17-8-7-16-5-3-4-6-18(16)21-17/h3-8,15H,2,9-14H2,1H3,(H,23,26). The molecule has 0 spiro atoms. The third-order valence-corrected chi connectivity index (χ3v) is 5.37. The summed E-state index contributed by atoms with van der Waals surface area (Å²) in [5.41, 5.74) is 2.10. The molecule has 1 aliphatic rings. The Bertz CT molecular complexity index is 937. The molecule has 0 amide bonds. The van der Waals surface area contributed by atoms with Gasteiger partial charge in [-0.2, -0.15) is 5.10 Å². The number of likely N-dealkylation sites (tertiary alicyclic amines) is 1. The van der Waals surface area contributed by atoms with E-state index < -0.39 is 0 Å². The van der Waals surface area contributed by atoms with Crippen LogP contribution >= 0.6 is 0 Å². The molecule has 1 fully saturated rings. The largest absolute Gasteiger partial charge is 0.343 e. The first-order valence-electron chi connectivity index (χ1n) is 9.44. The summed E-state index contributed by atoms with van der Waals surface area (Å²) in [6, 6.07) is 12.6. The molecule has 6 nitrogen and oxygen atoms in total. The molecule has 3 aromatic rings. The second-order valence-corrected chi connectivity index (χ2v) is 7.11. The minimum Gasteiger partial charge on any atom is -0.297 e. The van der Waals surface area contributed by atoms with Crippen LogP contribution in [0.3, 0.4) is 0 Å². The van der Waals surface area contributed by atoms with Crippen LogP contribution in [-0.2, 0) is 19.5 Å². The highest BCUT2D eigenvalue weighted by molar-refractivity contribution is 5.78. The maximum atomic E-state index is 11.7. The number of benzene rings is 1. The number of aromatic nitrogens is 4. The first-order valence-corrected chi connectivity index (χ1v) is 9.44. The van der Waals surface area contributed by atoms with Crippen molar-refractivity contribution in [2.24, 2.45) is 5.92 Å². The number of rotatable bonds is 5. The Hall–Kier alpha value is -2.47. The highest BCUT2D eigenvalue weighted by Crippen LogP contribution is 2.22. The van der Waals surface area contributed by atoms with Gasteiger partial charge in [-0.05, 0) is 50.9 Å². The van der Waals surface area contributed by atoms with Crippen LogP contribution in [0.15, 0.2) is 41.2 Å². The molecule has 26 heavy (non-hydrogen) atoms. The molecule has 136 valence electrons. The van der Waals surface area contributed by atoms with Crippen molar-refractivity contribution in [3.05, 3.63) is 58.4 Å². The lowest BCUT2D eigenvalue weighted by molar-refractivity contribution is 0.174. The zero-order valence-electron chi connectivity index (χ0n) is 15.2. The molecular formula is C20H25N5O. The van der Waals surface area contributed by atoms with E-state index in [1.165, 1.54) is 5.39 Å². The zero-order chi connectivity index (χ0) is 17.9. The van der Waals surface area contributed by atoms with E-state index >= 15 is 0 Å². The lowest BCUT2D eigenvalue weighted by Gasteiger charge is -2.31. The quantitative estimate of drug-likeness (QED) is 0.767. The van der Waals surface area contributed by atoms with Gasteiger partial charge in [-0.1, -0.05) is 24.3 Å². The summed E-state index contributed by atoms with van der Waals surface area (Å²) in [6.45, 7) is 5.70. The molecule has 3 heterocycles. The molecule has 0 aliphatic carbocycles. The number of para-hydroxylation sites is 1. The average Bonchev–Trinajstić information content (AvgIpc) is 3.02. The highest BCUT2D eigenvalue weighted by Gasteiger charge is 2.22. The van der Waals surface area contributed by atoms with Crippen molar-refractivity contribution >= 4 is 10.9 Å². The van der Waals surface area contributed by atoms with Crippen molar-refractivity contribution in [2.45, 2.75) is 39.3 Å². The molecular weight excluding hydrogens is 326 g/mol. The molecule has 6 heteroatoms. The van der Waals surface area contributed by atoms with Gasteiger partial charge in [0.25, 0.3) is 0 Å². The van der Waals surface area contributed by atoms with Crippen molar-refractivity contribution < 1.29 is 0 Å². The minimum atomic E-state index is -0.0951. The third kappa shape index (κ3) is 3.55. The Morgan fingerprint density at radius 3 is 2.77 bits per heavy atom. The predicted octanol–water partition coefficient (Wildman–Crippen LogP) is 2.59. The Morgan fingerprint density at radius 2 is 1.96 bits per heavy atom. The van der Waals surface area contributed by atoms with Crippen molar-refractivity contribution in [2.75, 3.05) is 13.1 Å². The lowest BCUT2D eigenvalue weighted by Crippen LogP contribution is -2.34. The van der Waals surface area contributed by atoms with Crippen molar-refractivity contribution in [3.63, 3.8) is 0 Å². The number of hydrogen-bond acceptors (Lipinski definition) is 4. The number of hydrogen-bond donors (Lipinski definition) is 1. The van der Waals surface area contributed by atoms with Crippen molar-refractivity contribution in [1.82, 2.24) is 24.6 Å². The van der Waals surface area contributed by atoms with Gasteiger partial charge in [0.2, 0.25) is 0 Å². The number of pyridine rings is 1. The Balaban J connectivity index is 1.35. The number of H-pyrrole nitrogens is 1. The summed E-state index contributed by atoms with van der Waals surface area (Å²) < 4.78 is 1.74. The Morgan fingerprint density at radius 1 is 1.15 bits per heavy atom. The van der Waals surface area contributed by atoms with Crippen LogP contribution in [0.1, 0.15) is 31.3 Å². The molecule has 1 aliphatic heterocycles. The summed E-state index contributed by atoms with van der Waals surface area (Å²) in [4.78, 5) is 19.0. The molecule has 0 radical (unpaired) electrons. The highest BCUT2D eigenvalue weighted by atomic mass is 16.1. The lowest BCUT2D eigenvalue weighted by atomic mass is 9.93. The van der Waals surface area contributed by atoms with Crippen LogP contribution in [0.5, 0.6) is 0 Å². The number of fused-ring (bicyclic) bond motifs is 1. The predicted molar refractivity (Wildman–Crippen MR) is 102 cm³/mol. The maximum absolute atomic E-state index is 11.7. The van der Waals surface area contributed by atoms with Crippen LogP contribution in [-0.4, -0.2) is 37.7 Å². The van der Waals surface area contributed by atoms with Crippen LogP contribution in [0, 0.1) is 5.92 Å². The van der Waals surface area contributed by atoms with Crippen LogP contribution in [0.4, 0.5) is 0 Å². The molecule has 1 aromatic carbocycles.